The van der Waals surface area contributed by atoms with Crippen LogP contribution in [0.3, 0.4) is 0 Å². The van der Waals surface area contributed by atoms with Crippen LogP contribution in [0.2, 0.25) is 0 Å². The summed E-state index contributed by atoms with van der Waals surface area (Å²) in [7, 11) is 1.49. The van der Waals surface area contributed by atoms with Gasteiger partial charge in [-0.2, -0.15) is 0 Å². The van der Waals surface area contributed by atoms with E-state index in [0.717, 1.165) is 6.42 Å². The molecule has 0 fully saturated rings. The molecule has 0 aliphatic carbocycles. The van der Waals surface area contributed by atoms with Crippen molar-refractivity contribution in [3.8, 4) is 11.5 Å². The van der Waals surface area contributed by atoms with E-state index in [1.165, 1.54) is 7.11 Å². The number of carbonyl (C=O) groups excluding carboxylic acids is 2. The van der Waals surface area contributed by atoms with Crippen molar-refractivity contribution in [1.82, 2.24) is 5.32 Å². The Labute approximate surface area is 125 Å². The van der Waals surface area contributed by atoms with E-state index in [1.54, 1.807) is 25.1 Å². The Morgan fingerprint density at radius 2 is 2.05 bits per heavy atom. The third-order valence-corrected chi connectivity index (χ3v) is 3.04. The van der Waals surface area contributed by atoms with E-state index in [-0.39, 0.29) is 5.91 Å². The summed E-state index contributed by atoms with van der Waals surface area (Å²) in [6, 6.07) is 5.00. The maximum absolute atomic E-state index is 12.0. The van der Waals surface area contributed by atoms with Crippen LogP contribution in [-0.4, -0.2) is 32.0 Å². The summed E-state index contributed by atoms with van der Waals surface area (Å²) in [6.07, 6.45) is 0.890. The number of rotatable bonds is 8. The third kappa shape index (κ3) is 5.10. The van der Waals surface area contributed by atoms with E-state index in [9.17, 15) is 9.59 Å². The topological polar surface area (TPSA) is 64.6 Å². The van der Waals surface area contributed by atoms with Crippen molar-refractivity contribution >= 4 is 12.2 Å². The van der Waals surface area contributed by atoms with E-state index in [4.69, 9.17) is 9.47 Å². The molecule has 0 aromatic heterocycles. The normalized spacial score (nSPS) is 11.9. The number of ether oxygens (including phenoxy) is 2. The van der Waals surface area contributed by atoms with Crippen molar-refractivity contribution in [1.29, 1.82) is 0 Å². The molecule has 1 aromatic rings. The second-order valence-corrected chi connectivity index (χ2v) is 5.23. The SMILES string of the molecule is COc1cccc(C=O)c1OC(C)C(=O)NCCC(C)C. The van der Waals surface area contributed by atoms with Gasteiger partial charge in [-0.15, -0.1) is 0 Å². The highest BCUT2D eigenvalue weighted by atomic mass is 16.5. The van der Waals surface area contributed by atoms with Crippen molar-refractivity contribution in [2.75, 3.05) is 13.7 Å². The second kappa shape index (κ2) is 8.29. The lowest BCUT2D eigenvalue weighted by molar-refractivity contribution is -0.127. The molecular weight excluding hydrogens is 270 g/mol. The fourth-order valence-corrected chi connectivity index (χ4v) is 1.77. The molecule has 5 nitrogen and oxygen atoms in total. The van der Waals surface area contributed by atoms with Crippen molar-refractivity contribution in [3.63, 3.8) is 0 Å². The summed E-state index contributed by atoms with van der Waals surface area (Å²) in [5.41, 5.74) is 0.358. The minimum Gasteiger partial charge on any atom is -0.493 e. The van der Waals surface area contributed by atoms with Gasteiger partial charge in [-0.3, -0.25) is 9.59 Å². The molecule has 116 valence electrons. The lowest BCUT2D eigenvalue weighted by atomic mass is 10.1. The maximum Gasteiger partial charge on any atom is 0.260 e. The Balaban J connectivity index is 2.71. The first-order valence-corrected chi connectivity index (χ1v) is 7.06. The molecule has 0 saturated carbocycles. The van der Waals surface area contributed by atoms with Crippen LogP contribution in [-0.2, 0) is 4.79 Å². The molecule has 1 amide bonds. The smallest absolute Gasteiger partial charge is 0.260 e. The lowest BCUT2D eigenvalue weighted by Gasteiger charge is -2.18. The number of amides is 1. The van der Waals surface area contributed by atoms with Gasteiger partial charge in [0.05, 0.1) is 12.7 Å². The first-order chi connectivity index (χ1) is 9.99. The van der Waals surface area contributed by atoms with Crippen molar-refractivity contribution in [2.45, 2.75) is 33.3 Å². The van der Waals surface area contributed by atoms with E-state index in [1.807, 2.05) is 0 Å². The van der Waals surface area contributed by atoms with Gasteiger partial charge in [0.25, 0.3) is 5.91 Å². The molecular formula is C16H23NO4. The molecule has 1 N–H and O–H groups in total. The average Bonchev–Trinajstić information content (AvgIpc) is 2.46. The van der Waals surface area contributed by atoms with Crippen LogP contribution in [0.5, 0.6) is 11.5 Å². The highest BCUT2D eigenvalue weighted by Gasteiger charge is 2.19. The molecule has 5 heteroatoms. The molecule has 1 aromatic carbocycles. The largest absolute Gasteiger partial charge is 0.493 e. The van der Waals surface area contributed by atoms with Gasteiger partial charge < -0.3 is 14.8 Å². The molecule has 0 aliphatic rings. The van der Waals surface area contributed by atoms with Crippen molar-refractivity contribution in [3.05, 3.63) is 23.8 Å². The van der Waals surface area contributed by atoms with Gasteiger partial charge in [0.1, 0.15) is 0 Å². The molecule has 1 rings (SSSR count). The Morgan fingerprint density at radius 1 is 1.33 bits per heavy atom. The van der Waals surface area contributed by atoms with Crippen LogP contribution in [0.15, 0.2) is 18.2 Å². The quantitative estimate of drug-likeness (QED) is 0.748. The summed E-state index contributed by atoms with van der Waals surface area (Å²) in [6.45, 7) is 6.44. The Morgan fingerprint density at radius 3 is 2.62 bits per heavy atom. The third-order valence-electron chi connectivity index (χ3n) is 3.04. The standard InChI is InChI=1S/C16H23NO4/c1-11(2)8-9-17-16(19)12(3)21-15-13(10-18)6-5-7-14(15)20-4/h5-7,10-12H,8-9H2,1-4H3,(H,17,19). The van der Waals surface area contributed by atoms with Crippen LogP contribution >= 0.6 is 0 Å². The van der Waals surface area contributed by atoms with Gasteiger partial charge in [0, 0.05) is 6.54 Å². The van der Waals surface area contributed by atoms with E-state index in [2.05, 4.69) is 19.2 Å². The van der Waals surface area contributed by atoms with Crippen LogP contribution in [0.25, 0.3) is 0 Å². The lowest BCUT2D eigenvalue weighted by Crippen LogP contribution is -2.37. The second-order valence-electron chi connectivity index (χ2n) is 5.23. The summed E-state index contributed by atoms with van der Waals surface area (Å²) in [4.78, 5) is 23.0. The molecule has 0 spiro atoms. The molecule has 21 heavy (non-hydrogen) atoms. The van der Waals surface area contributed by atoms with E-state index in [0.29, 0.717) is 35.8 Å². The monoisotopic (exact) mass is 293 g/mol. The number of methoxy groups -OCH3 is 1. The molecule has 0 radical (unpaired) electrons. The number of para-hydroxylation sites is 1. The number of aldehydes is 1. The zero-order valence-electron chi connectivity index (χ0n) is 13.0. The molecule has 1 unspecified atom stereocenters. The van der Waals surface area contributed by atoms with Crippen molar-refractivity contribution in [2.24, 2.45) is 5.92 Å². The van der Waals surface area contributed by atoms with Crippen molar-refractivity contribution < 1.29 is 19.1 Å². The fourth-order valence-electron chi connectivity index (χ4n) is 1.77. The van der Waals surface area contributed by atoms with Crippen LogP contribution in [0.1, 0.15) is 37.6 Å². The van der Waals surface area contributed by atoms with Gasteiger partial charge in [0.2, 0.25) is 0 Å². The zero-order valence-corrected chi connectivity index (χ0v) is 13.0. The predicted molar refractivity (Wildman–Crippen MR) is 80.9 cm³/mol. The highest BCUT2D eigenvalue weighted by molar-refractivity contribution is 5.83. The summed E-state index contributed by atoms with van der Waals surface area (Å²) < 4.78 is 10.8. The number of benzene rings is 1. The molecule has 0 aliphatic heterocycles. The summed E-state index contributed by atoms with van der Waals surface area (Å²) in [5.74, 6) is 1.04. The summed E-state index contributed by atoms with van der Waals surface area (Å²) >= 11 is 0. The van der Waals surface area contributed by atoms with Crippen LogP contribution in [0, 0.1) is 5.92 Å². The van der Waals surface area contributed by atoms with Crippen LogP contribution < -0.4 is 14.8 Å². The Kier molecular flexibility index (Phi) is 6.72. The molecule has 0 saturated heterocycles. The number of hydrogen-bond acceptors (Lipinski definition) is 4. The molecule has 0 bridgehead atoms. The predicted octanol–water partition coefficient (Wildman–Crippen LogP) is 2.44. The van der Waals surface area contributed by atoms with Gasteiger partial charge in [0.15, 0.2) is 23.9 Å². The highest BCUT2D eigenvalue weighted by Crippen LogP contribution is 2.30. The number of nitrogens with one attached hydrogen (secondary N) is 1. The first-order valence-electron chi connectivity index (χ1n) is 7.06. The van der Waals surface area contributed by atoms with Gasteiger partial charge in [-0.25, -0.2) is 0 Å². The number of hydrogen-bond donors (Lipinski definition) is 1. The van der Waals surface area contributed by atoms with Gasteiger partial charge in [-0.1, -0.05) is 19.9 Å². The molecule has 1 atom stereocenters. The average molecular weight is 293 g/mol. The fraction of sp³-hybridized carbons (Fsp3) is 0.500. The van der Waals surface area contributed by atoms with Crippen LogP contribution in [0.4, 0.5) is 0 Å². The van der Waals surface area contributed by atoms with Gasteiger partial charge in [-0.05, 0) is 31.4 Å². The van der Waals surface area contributed by atoms with Gasteiger partial charge >= 0.3 is 0 Å². The first kappa shape index (κ1) is 17.0. The summed E-state index contributed by atoms with van der Waals surface area (Å²) in [5, 5.41) is 2.82. The number of carbonyl (C=O) groups is 2. The Bertz CT molecular complexity index is 485. The zero-order chi connectivity index (χ0) is 15.8. The maximum atomic E-state index is 12.0. The molecule has 0 heterocycles. The minimum atomic E-state index is -0.702. The van der Waals surface area contributed by atoms with E-state index < -0.39 is 6.10 Å². The Hall–Kier alpha value is -2.04. The minimum absolute atomic E-state index is 0.210. The van der Waals surface area contributed by atoms with E-state index >= 15 is 0 Å².